The second kappa shape index (κ2) is 7.41. The smallest absolute Gasteiger partial charge is 0.255 e. The molecular formula is C19H17ClN4O2. The quantitative estimate of drug-likeness (QED) is 0.729. The average Bonchev–Trinajstić information content (AvgIpc) is 3.03. The van der Waals surface area contributed by atoms with Crippen LogP contribution in [0.25, 0.3) is 5.69 Å². The van der Waals surface area contributed by atoms with E-state index < -0.39 is 0 Å². The van der Waals surface area contributed by atoms with Crippen LogP contribution in [0.3, 0.4) is 0 Å². The van der Waals surface area contributed by atoms with E-state index >= 15 is 0 Å². The number of aromatic nitrogens is 2. The summed E-state index contributed by atoms with van der Waals surface area (Å²) in [5.74, 6) is -0.538. The lowest BCUT2D eigenvalue weighted by molar-refractivity contribution is -0.114. The van der Waals surface area contributed by atoms with Crippen molar-refractivity contribution in [1.82, 2.24) is 9.78 Å². The monoisotopic (exact) mass is 368 g/mol. The van der Waals surface area contributed by atoms with Crippen LogP contribution in [0.15, 0.2) is 54.7 Å². The highest BCUT2D eigenvalue weighted by Gasteiger charge is 2.11. The molecule has 3 rings (SSSR count). The van der Waals surface area contributed by atoms with Crippen LogP contribution in [-0.4, -0.2) is 21.6 Å². The fourth-order valence-electron chi connectivity index (χ4n) is 2.51. The number of amides is 2. The Bertz CT molecular complexity index is 964. The molecule has 1 heterocycles. The first-order valence-electron chi connectivity index (χ1n) is 7.93. The Morgan fingerprint density at radius 1 is 1.00 bits per heavy atom. The van der Waals surface area contributed by atoms with Gasteiger partial charge < -0.3 is 10.6 Å². The predicted octanol–water partition coefficient (Wildman–Crippen LogP) is 4.04. The summed E-state index contributed by atoms with van der Waals surface area (Å²) in [4.78, 5) is 23.9. The van der Waals surface area contributed by atoms with Crippen LogP contribution >= 0.6 is 11.6 Å². The Morgan fingerprint density at radius 2 is 1.73 bits per heavy atom. The van der Waals surface area contributed by atoms with Crippen LogP contribution in [0.1, 0.15) is 23.0 Å². The minimum atomic E-state index is -0.303. The molecule has 7 heteroatoms. The molecule has 2 amide bonds. The lowest BCUT2D eigenvalue weighted by Gasteiger charge is -2.12. The first kappa shape index (κ1) is 17.7. The number of hydrogen-bond donors (Lipinski definition) is 2. The molecule has 0 saturated carbocycles. The van der Waals surface area contributed by atoms with Gasteiger partial charge in [0.2, 0.25) is 5.91 Å². The molecular weight excluding hydrogens is 352 g/mol. The van der Waals surface area contributed by atoms with Gasteiger partial charge in [-0.3, -0.25) is 9.59 Å². The molecule has 1 aromatic heterocycles. The molecule has 0 bridgehead atoms. The summed E-state index contributed by atoms with van der Waals surface area (Å²) in [5.41, 5.74) is 3.27. The van der Waals surface area contributed by atoms with Gasteiger partial charge in [0.1, 0.15) is 0 Å². The van der Waals surface area contributed by atoms with Crippen LogP contribution in [0.5, 0.6) is 0 Å². The summed E-state index contributed by atoms with van der Waals surface area (Å²) in [6.45, 7) is 3.35. The van der Waals surface area contributed by atoms with E-state index in [1.165, 1.54) is 6.92 Å². The lowest BCUT2D eigenvalue weighted by atomic mass is 10.1. The maximum Gasteiger partial charge on any atom is 0.255 e. The summed E-state index contributed by atoms with van der Waals surface area (Å²) >= 11 is 6.00. The van der Waals surface area contributed by atoms with E-state index in [1.807, 2.05) is 25.1 Å². The Kier molecular flexibility index (Phi) is 5.04. The van der Waals surface area contributed by atoms with Gasteiger partial charge in [0, 0.05) is 29.4 Å². The van der Waals surface area contributed by atoms with Crippen molar-refractivity contribution in [2.24, 2.45) is 0 Å². The summed E-state index contributed by atoms with van der Waals surface area (Å²) in [6.07, 6.45) is 1.72. The third-order valence-corrected chi connectivity index (χ3v) is 3.98. The number of rotatable bonds is 4. The second-order valence-corrected chi connectivity index (χ2v) is 6.19. The molecule has 26 heavy (non-hydrogen) atoms. The molecule has 2 aromatic carbocycles. The van der Waals surface area contributed by atoms with E-state index in [0.717, 1.165) is 11.4 Å². The normalized spacial score (nSPS) is 10.4. The van der Waals surface area contributed by atoms with Gasteiger partial charge in [0.15, 0.2) is 0 Å². The van der Waals surface area contributed by atoms with Gasteiger partial charge in [0.05, 0.1) is 17.1 Å². The van der Waals surface area contributed by atoms with Crippen molar-refractivity contribution in [3.63, 3.8) is 0 Å². The summed E-state index contributed by atoms with van der Waals surface area (Å²) in [6, 6.07) is 13.9. The number of carbonyl (C=O) groups is 2. The first-order valence-corrected chi connectivity index (χ1v) is 8.31. The topological polar surface area (TPSA) is 76.0 Å². The van der Waals surface area contributed by atoms with E-state index in [0.29, 0.717) is 22.0 Å². The SMILES string of the molecule is CC(=O)Nc1ccc(Cl)cc1NC(=O)c1ccc(-n2nccc2C)cc1. The van der Waals surface area contributed by atoms with Gasteiger partial charge in [-0.2, -0.15) is 5.10 Å². The third-order valence-electron chi connectivity index (χ3n) is 3.75. The van der Waals surface area contributed by atoms with Crippen molar-refractivity contribution in [3.8, 4) is 5.69 Å². The molecule has 3 aromatic rings. The zero-order valence-electron chi connectivity index (χ0n) is 14.3. The zero-order chi connectivity index (χ0) is 18.7. The molecule has 0 aliphatic rings. The standard InChI is InChI=1S/C19H17ClN4O2/c1-12-9-10-21-24(12)16-6-3-14(4-7-16)19(26)23-18-11-15(20)5-8-17(18)22-13(2)25/h3-11H,1-2H3,(H,22,25)(H,23,26). The highest BCUT2D eigenvalue weighted by atomic mass is 35.5. The van der Waals surface area contributed by atoms with Gasteiger partial charge in [-0.05, 0) is 55.5 Å². The predicted molar refractivity (Wildman–Crippen MR) is 102 cm³/mol. The summed E-state index contributed by atoms with van der Waals surface area (Å²) in [5, 5.41) is 10.1. The van der Waals surface area contributed by atoms with Gasteiger partial charge in [0.25, 0.3) is 5.91 Å². The molecule has 0 unspecified atom stereocenters. The van der Waals surface area contributed by atoms with Crippen molar-refractivity contribution >= 4 is 34.8 Å². The van der Waals surface area contributed by atoms with Gasteiger partial charge >= 0.3 is 0 Å². The number of hydrogen-bond acceptors (Lipinski definition) is 3. The van der Waals surface area contributed by atoms with Crippen LogP contribution in [-0.2, 0) is 4.79 Å². The lowest BCUT2D eigenvalue weighted by Crippen LogP contribution is -2.15. The molecule has 0 saturated heterocycles. The van der Waals surface area contributed by atoms with Crippen LogP contribution in [0, 0.1) is 6.92 Å². The summed E-state index contributed by atoms with van der Waals surface area (Å²) in [7, 11) is 0. The second-order valence-electron chi connectivity index (χ2n) is 5.76. The Balaban J connectivity index is 1.81. The highest BCUT2D eigenvalue weighted by Crippen LogP contribution is 2.26. The van der Waals surface area contributed by atoms with Crippen molar-refractivity contribution in [1.29, 1.82) is 0 Å². The van der Waals surface area contributed by atoms with Gasteiger partial charge in [-0.1, -0.05) is 11.6 Å². The Labute approximate surface area is 155 Å². The molecule has 132 valence electrons. The Hall–Kier alpha value is -3.12. The summed E-state index contributed by atoms with van der Waals surface area (Å²) < 4.78 is 1.79. The van der Waals surface area contributed by atoms with E-state index in [-0.39, 0.29) is 11.8 Å². The first-order chi connectivity index (χ1) is 12.4. The molecule has 0 aliphatic carbocycles. The van der Waals surface area contributed by atoms with Crippen molar-refractivity contribution in [2.45, 2.75) is 13.8 Å². The van der Waals surface area contributed by atoms with Crippen molar-refractivity contribution in [2.75, 3.05) is 10.6 Å². The maximum atomic E-state index is 12.5. The molecule has 0 radical (unpaired) electrons. The number of halogens is 1. The fraction of sp³-hybridized carbons (Fsp3) is 0.105. The number of nitrogens with one attached hydrogen (secondary N) is 2. The number of anilines is 2. The number of benzene rings is 2. The Morgan fingerprint density at radius 3 is 2.35 bits per heavy atom. The van der Waals surface area contributed by atoms with E-state index in [2.05, 4.69) is 15.7 Å². The van der Waals surface area contributed by atoms with Crippen LogP contribution in [0.2, 0.25) is 5.02 Å². The number of nitrogens with zero attached hydrogens (tertiary/aromatic N) is 2. The molecule has 2 N–H and O–H groups in total. The molecule has 0 aliphatic heterocycles. The minimum Gasteiger partial charge on any atom is -0.325 e. The van der Waals surface area contributed by atoms with Crippen molar-refractivity contribution < 1.29 is 9.59 Å². The highest BCUT2D eigenvalue weighted by molar-refractivity contribution is 6.31. The van der Waals surface area contributed by atoms with E-state index in [1.54, 1.807) is 41.2 Å². The number of carbonyl (C=O) groups excluding carboxylic acids is 2. The van der Waals surface area contributed by atoms with Crippen LogP contribution < -0.4 is 10.6 Å². The minimum absolute atomic E-state index is 0.234. The molecule has 0 atom stereocenters. The molecule has 0 spiro atoms. The van der Waals surface area contributed by atoms with E-state index in [9.17, 15) is 9.59 Å². The van der Waals surface area contributed by atoms with Crippen molar-refractivity contribution in [3.05, 3.63) is 71.0 Å². The number of aryl methyl sites for hydroxylation is 1. The third kappa shape index (κ3) is 3.92. The largest absolute Gasteiger partial charge is 0.325 e. The molecule has 6 nitrogen and oxygen atoms in total. The van der Waals surface area contributed by atoms with Gasteiger partial charge in [-0.15, -0.1) is 0 Å². The maximum absolute atomic E-state index is 12.5. The fourth-order valence-corrected chi connectivity index (χ4v) is 2.68. The average molecular weight is 369 g/mol. The van der Waals surface area contributed by atoms with Crippen LogP contribution in [0.4, 0.5) is 11.4 Å². The van der Waals surface area contributed by atoms with E-state index in [4.69, 9.17) is 11.6 Å². The zero-order valence-corrected chi connectivity index (χ0v) is 15.0. The molecule has 0 fully saturated rings. The van der Waals surface area contributed by atoms with Gasteiger partial charge in [-0.25, -0.2) is 4.68 Å².